The van der Waals surface area contributed by atoms with Crippen LogP contribution in [0.5, 0.6) is 5.88 Å². The van der Waals surface area contributed by atoms with Crippen LogP contribution in [0.25, 0.3) is 0 Å². The van der Waals surface area contributed by atoms with Crippen molar-refractivity contribution < 1.29 is 17.6 Å². The van der Waals surface area contributed by atoms with Crippen LogP contribution in [0.3, 0.4) is 0 Å². The molecule has 0 saturated carbocycles. The molecule has 0 spiro atoms. The number of furan rings is 1. The van der Waals surface area contributed by atoms with Gasteiger partial charge in [-0.3, -0.25) is 0 Å². The lowest BCUT2D eigenvalue weighted by molar-refractivity contribution is 0.391. The summed E-state index contributed by atoms with van der Waals surface area (Å²) < 4.78 is 35.2. The van der Waals surface area contributed by atoms with Crippen molar-refractivity contribution in [1.82, 2.24) is 14.5 Å². The highest BCUT2D eigenvalue weighted by molar-refractivity contribution is 7.97. The van der Waals surface area contributed by atoms with Crippen LogP contribution in [0.1, 0.15) is 11.5 Å². The molecule has 0 aliphatic heterocycles. The van der Waals surface area contributed by atoms with Crippen LogP contribution < -0.4 is 4.74 Å². The Morgan fingerprint density at radius 1 is 1.18 bits per heavy atom. The van der Waals surface area contributed by atoms with E-state index in [9.17, 15) is 8.42 Å². The normalized spacial score (nSPS) is 11.8. The Morgan fingerprint density at radius 2 is 1.95 bits per heavy atom. The van der Waals surface area contributed by atoms with E-state index in [0.717, 1.165) is 10.00 Å². The maximum atomic E-state index is 11.9. The van der Waals surface area contributed by atoms with Crippen LogP contribution in [-0.4, -0.2) is 44.1 Å². The largest absolute Gasteiger partial charge is 0.480 e. The maximum Gasteiger partial charge on any atom is 0.275 e. The zero-order valence-electron chi connectivity index (χ0n) is 12.5. The second-order valence-corrected chi connectivity index (χ2v) is 7.64. The molecule has 0 radical (unpaired) electrons. The van der Waals surface area contributed by atoms with Gasteiger partial charge in [-0.1, -0.05) is 0 Å². The minimum atomic E-state index is -3.52. The maximum absolute atomic E-state index is 11.9. The number of thioether (sulfide) groups is 1. The first-order chi connectivity index (χ1) is 10.4. The van der Waals surface area contributed by atoms with Gasteiger partial charge in [0.1, 0.15) is 5.76 Å². The van der Waals surface area contributed by atoms with Crippen molar-refractivity contribution in [3.8, 4) is 5.88 Å². The highest BCUT2D eigenvalue weighted by atomic mass is 32.2. The van der Waals surface area contributed by atoms with E-state index in [-0.39, 0.29) is 5.09 Å². The number of ether oxygens (including phenoxy) is 1. The third-order valence-corrected chi connectivity index (χ3v) is 5.45. The van der Waals surface area contributed by atoms with Crippen molar-refractivity contribution in [3.05, 3.63) is 35.7 Å². The zero-order chi connectivity index (χ0) is 16.2. The summed E-state index contributed by atoms with van der Waals surface area (Å²) >= 11 is 1.56. The standard InChI is InChI=1S/C13H17N3O4S2/c1-16(2)22(17,18)13-7-5-11(20-13)9-21-8-10-4-6-12(19-3)15-14-10/h4-7H,8-9H2,1-3H3. The molecule has 2 rings (SSSR count). The van der Waals surface area contributed by atoms with Gasteiger partial charge in [0.05, 0.1) is 18.6 Å². The van der Waals surface area contributed by atoms with Gasteiger partial charge in [-0.05, 0) is 18.2 Å². The van der Waals surface area contributed by atoms with E-state index in [0.29, 0.717) is 23.1 Å². The summed E-state index contributed by atoms with van der Waals surface area (Å²) in [6.45, 7) is 0. The molecule has 0 amide bonds. The summed E-state index contributed by atoms with van der Waals surface area (Å²) in [5, 5.41) is 7.86. The molecule has 0 saturated heterocycles. The van der Waals surface area contributed by atoms with Gasteiger partial charge in [0, 0.05) is 25.9 Å². The third kappa shape index (κ3) is 3.99. The predicted molar refractivity (Wildman–Crippen MR) is 83.2 cm³/mol. The number of aromatic nitrogens is 2. The number of hydrogen-bond donors (Lipinski definition) is 0. The van der Waals surface area contributed by atoms with E-state index in [4.69, 9.17) is 9.15 Å². The van der Waals surface area contributed by atoms with E-state index >= 15 is 0 Å². The summed E-state index contributed by atoms with van der Waals surface area (Å²) in [5.74, 6) is 2.27. The van der Waals surface area contributed by atoms with E-state index in [1.807, 2.05) is 6.07 Å². The molecule has 0 N–H and O–H groups in total. The Bertz CT molecular complexity index is 711. The van der Waals surface area contributed by atoms with Gasteiger partial charge in [0.15, 0.2) is 0 Å². The Morgan fingerprint density at radius 3 is 2.55 bits per heavy atom. The monoisotopic (exact) mass is 343 g/mol. The minimum Gasteiger partial charge on any atom is -0.480 e. The molecular formula is C13H17N3O4S2. The van der Waals surface area contributed by atoms with E-state index in [2.05, 4.69) is 10.2 Å². The number of methoxy groups -OCH3 is 1. The second kappa shape index (κ2) is 7.12. The molecule has 0 aliphatic carbocycles. The summed E-state index contributed by atoms with van der Waals surface area (Å²) in [4.78, 5) is 0. The van der Waals surface area contributed by atoms with Crippen LogP contribution in [0, 0.1) is 0 Å². The highest BCUT2D eigenvalue weighted by Gasteiger charge is 2.21. The fraction of sp³-hybridized carbons (Fsp3) is 0.385. The van der Waals surface area contributed by atoms with E-state index in [1.165, 1.54) is 27.3 Å². The molecule has 0 atom stereocenters. The van der Waals surface area contributed by atoms with Crippen LogP contribution in [0.15, 0.2) is 33.8 Å². The summed E-state index contributed by atoms with van der Waals surface area (Å²) in [6.07, 6.45) is 0. The van der Waals surface area contributed by atoms with Crippen LogP contribution in [0.4, 0.5) is 0 Å². The lowest BCUT2D eigenvalue weighted by Gasteiger charge is -2.07. The number of rotatable bonds is 7. The number of nitrogens with zero attached hydrogens (tertiary/aromatic N) is 3. The van der Waals surface area contributed by atoms with Crippen LogP contribution in [0.2, 0.25) is 0 Å². The molecule has 2 aromatic rings. The predicted octanol–water partition coefficient (Wildman–Crippen LogP) is 1.76. The van der Waals surface area contributed by atoms with Gasteiger partial charge in [-0.25, -0.2) is 12.7 Å². The molecule has 7 nitrogen and oxygen atoms in total. The highest BCUT2D eigenvalue weighted by Crippen LogP contribution is 2.22. The first-order valence-electron chi connectivity index (χ1n) is 6.39. The average molecular weight is 343 g/mol. The van der Waals surface area contributed by atoms with Gasteiger partial charge in [-0.2, -0.15) is 5.10 Å². The minimum absolute atomic E-state index is 0.0441. The molecule has 9 heteroatoms. The fourth-order valence-electron chi connectivity index (χ4n) is 1.54. The van der Waals surface area contributed by atoms with Crippen molar-refractivity contribution in [2.45, 2.75) is 16.6 Å². The van der Waals surface area contributed by atoms with Crippen LogP contribution >= 0.6 is 11.8 Å². The average Bonchev–Trinajstić information content (AvgIpc) is 2.97. The Hall–Kier alpha value is -1.58. The molecule has 0 fully saturated rings. The topological polar surface area (TPSA) is 85.5 Å². The van der Waals surface area contributed by atoms with Gasteiger partial charge < -0.3 is 9.15 Å². The van der Waals surface area contributed by atoms with Crippen LogP contribution in [-0.2, 0) is 21.5 Å². The van der Waals surface area contributed by atoms with Crippen molar-refractivity contribution in [2.75, 3.05) is 21.2 Å². The first kappa shape index (κ1) is 16.8. The molecule has 0 aromatic carbocycles. The molecule has 2 heterocycles. The molecule has 0 aliphatic rings. The SMILES string of the molecule is COc1ccc(CSCc2ccc(S(=O)(=O)N(C)C)o2)nn1. The first-order valence-corrected chi connectivity index (χ1v) is 8.98. The summed E-state index contributed by atoms with van der Waals surface area (Å²) in [6, 6.07) is 6.72. The quantitative estimate of drug-likeness (QED) is 0.757. The summed E-state index contributed by atoms with van der Waals surface area (Å²) in [7, 11) is 0.950. The van der Waals surface area contributed by atoms with Gasteiger partial charge in [0.2, 0.25) is 11.0 Å². The smallest absolute Gasteiger partial charge is 0.275 e. The van der Waals surface area contributed by atoms with Crippen molar-refractivity contribution in [2.24, 2.45) is 0 Å². The van der Waals surface area contributed by atoms with Gasteiger partial charge >= 0.3 is 0 Å². The fourth-order valence-corrected chi connectivity index (χ4v) is 3.18. The van der Waals surface area contributed by atoms with Crippen molar-refractivity contribution in [3.63, 3.8) is 0 Å². The molecule has 2 aromatic heterocycles. The Kier molecular flexibility index (Phi) is 5.43. The Labute approximate surface area is 133 Å². The molecular weight excluding hydrogens is 326 g/mol. The molecule has 120 valence electrons. The number of hydrogen-bond acceptors (Lipinski definition) is 7. The lowest BCUT2D eigenvalue weighted by Crippen LogP contribution is -2.21. The zero-order valence-corrected chi connectivity index (χ0v) is 14.1. The van der Waals surface area contributed by atoms with Gasteiger partial charge in [0.25, 0.3) is 10.0 Å². The summed E-state index contributed by atoms with van der Waals surface area (Å²) in [5.41, 5.74) is 0.818. The second-order valence-electron chi connectivity index (χ2n) is 4.57. The molecule has 22 heavy (non-hydrogen) atoms. The van der Waals surface area contributed by atoms with Gasteiger partial charge in [-0.15, -0.1) is 16.9 Å². The number of sulfonamides is 1. The van der Waals surface area contributed by atoms with Crippen molar-refractivity contribution >= 4 is 21.8 Å². The van der Waals surface area contributed by atoms with E-state index < -0.39 is 10.0 Å². The Balaban J connectivity index is 1.91. The van der Waals surface area contributed by atoms with E-state index in [1.54, 1.807) is 23.9 Å². The lowest BCUT2D eigenvalue weighted by atomic mass is 10.4. The third-order valence-electron chi connectivity index (χ3n) is 2.77. The van der Waals surface area contributed by atoms with Crippen molar-refractivity contribution in [1.29, 1.82) is 0 Å². The molecule has 0 bridgehead atoms. The molecule has 0 unspecified atom stereocenters.